The van der Waals surface area contributed by atoms with E-state index in [9.17, 15) is 4.79 Å². The Morgan fingerprint density at radius 2 is 1.95 bits per heavy atom. The molecule has 1 unspecified atom stereocenters. The van der Waals surface area contributed by atoms with Gasteiger partial charge in [0.1, 0.15) is 0 Å². The van der Waals surface area contributed by atoms with Crippen molar-refractivity contribution in [2.75, 3.05) is 6.54 Å². The van der Waals surface area contributed by atoms with E-state index in [0.29, 0.717) is 0 Å². The lowest BCUT2D eigenvalue weighted by Crippen LogP contribution is -2.33. The third-order valence-corrected chi connectivity index (χ3v) is 4.34. The first-order valence-corrected chi connectivity index (χ1v) is 7.34. The molecule has 1 heterocycles. The molecule has 1 aliphatic heterocycles. The predicted molar refractivity (Wildman–Crippen MR) is 76.2 cm³/mol. The normalized spacial score (nSPS) is 22.6. The lowest BCUT2D eigenvalue weighted by atomic mass is 9.89. The van der Waals surface area contributed by atoms with E-state index < -0.39 is 0 Å². The molecule has 19 heavy (non-hydrogen) atoms. The van der Waals surface area contributed by atoms with Gasteiger partial charge in [-0.2, -0.15) is 0 Å². The summed E-state index contributed by atoms with van der Waals surface area (Å²) in [6.07, 6.45) is 5.02. The highest BCUT2D eigenvalue weighted by atomic mass is 16.2. The zero-order valence-corrected chi connectivity index (χ0v) is 11.8. The van der Waals surface area contributed by atoms with Crippen molar-refractivity contribution in [3.8, 4) is 0 Å². The molecule has 1 N–H and O–H groups in total. The number of amides is 2. The van der Waals surface area contributed by atoms with E-state index >= 15 is 0 Å². The van der Waals surface area contributed by atoms with Gasteiger partial charge in [-0.25, -0.2) is 4.79 Å². The SMILES string of the molecule is CC(C)N1CC(c2ccc3c(c2)CCCC3)NC1=O. The number of aryl methyl sites for hydroxylation is 2. The van der Waals surface area contributed by atoms with Crippen LogP contribution in [0.1, 0.15) is 49.4 Å². The molecule has 1 saturated heterocycles. The van der Waals surface area contributed by atoms with Gasteiger partial charge in [-0.15, -0.1) is 0 Å². The monoisotopic (exact) mass is 258 g/mol. The summed E-state index contributed by atoms with van der Waals surface area (Å²) in [6, 6.07) is 7.25. The standard InChI is InChI=1S/C16H22N2O/c1-11(2)18-10-15(17-16(18)19)14-8-7-12-5-3-4-6-13(12)9-14/h7-9,11,15H,3-6,10H2,1-2H3,(H,17,19). The average Bonchev–Trinajstić information content (AvgIpc) is 2.80. The van der Waals surface area contributed by atoms with Crippen molar-refractivity contribution in [3.63, 3.8) is 0 Å². The van der Waals surface area contributed by atoms with E-state index in [1.807, 2.05) is 4.90 Å². The van der Waals surface area contributed by atoms with Crippen LogP contribution in [0, 0.1) is 0 Å². The van der Waals surface area contributed by atoms with E-state index in [0.717, 1.165) is 6.54 Å². The Bertz CT molecular complexity index is 496. The minimum atomic E-state index is 0.0673. The molecule has 1 aromatic rings. The molecule has 1 fully saturated rings. The highest BCUT2D eigenvalue weighted by Gasteiger charge is 2.31. The fourth-order valence-corrected chi connectivity index (χ4v) is 3.16. The van der Waals surface area contributed by atoms with Crippen molar-refractivity contribution in [1.82, 2.24) is 10.2 Å². The maximum absolute atomic E-state index is 11.9. The number of nitrogens with one attached hydrogen (secondary N) is 1. The minimum absolute atomic E-state index is 0.0673. The van der Waals surface area contributed by atoms with Gasteiger partial charge in [0.05, 0.1) is 6.04 Å². The number of fused-ring (bicyclic) bond motifs is 1. The van der Waals surface area contributed by atoms with Crippen LogP contribution in [0.25, 0.3) is 0 Å². The van der Waals surface area contributed by atoms with E-state index in [-0.39, 0.29) is 18.1 Å². The number of hydrogen-bond donors (Lipinski definition) is 1. The maximum atomic E-state index is 11.9. The number of benzene rings is 1. The van der Waals surface area contributed by atoms with Crippen molar-refractivity contribution < 1.29 is 4.79 Å². The zero-order chi connectivity index (χ0) is 13.4. The van der Waals surface area contributed by atoms with Gasteiger partial charge in [-0.3, -0.25) is 0 Å². The Morgan fingerprint density at radius 1 is 1.21 bits per heavy atom. The van der Waals surface area contributed by atoms with Crippen LogP contribution in [0.2, 0.25) is 0 Å². The van der Waals surface area contributed by atoms with Crippen molar-refractivity contribution in [2.45, 2.75) is 51.6 Å². The molecule has 2 aliphatic rings. The molecule has 0 radical (unpaired) electrons. The summed E-state index contributed by atoms with van der Waals surface area (Å²) in [6.45, 7) is 4.92. The molecular formula is C16H22N2O. The van der Waals surface area contributed by atoms with Crippen molar-refractivity contribution in [2.24, 2.45) is 0 Å². The number of hydrogen-bond acceptors (Lipinski definition) is 1. The molecule has 0 saturated carbocycles. The topological polar surface area (TPSA) is 32.3 Å². The van der Waals surface area contributed by atoms with Crippen molar-refractivity contribution >= 4 is 6.03 Å². The third kappa shape index (κ3) is 2.34. The van der Waals surface area contributed by atoms with E-state index in [1.165, 1.54) is 42.4 Å². The van der Waals surface area contributed by atoms with Gasteiger partial charge in [0, 0.05) is 12.6 Å². The average molecular weight is 258 g/mol. The van der Waals surface area contributed by atoms with E-state index in [4.69, 9.17) is 0 Å². The van der Waals surface area contributed by atoms with Gasteiger partial charge in [0.25, 0.3) is 0 Å². The third-order valence-electron chi connectivity index (χ3n) is 4.34. The number of rotatable bonds is 2. The van der Waals surface area contributed by atoms with Gasteiger partial charge in [0.2, 0.25) is 0 Å². The molecule has 3 nitrogen and oxygen atoms in total. The molecular weight excluding hydrogens is 236 g/mol. The largest absolute Gasteiger partial charge is 0.329 e. The summed E-state index contributed by atoms with van der Waals surface area (Å²) in [5.74, 6) is 0. The second kappa shape index (κ2) is 4.87. The molecule has 102 valence electrons. The smallest absolute Gasteiger partial charge is 0.318 e. The Labute approximate surface area is 115 Å². The van der Waals surface area contributed by atoms with Gasteiger partial charge >= 0.3 is 6.03 Å². The minimum Gasteiger partial charge on any atom is -0.329 e. The number of nitrogens with zero attached hydrogens (tertiary/aromatic N) is 1. The summed E-state index contributed by atoms with van der Waals surface area (Å²) < 4.78 is 0. The lowest BCUT2D eigenvalue weighted by molar-refractivity contribution is 0.206. The molecule has 2 amide bonds. The Balaban J connectivity index is 1.82. The molecule has 3 rings (SSSR count). The van der Waals surface area contributed by atoms with Crippen LogP contribution in [0.5, 0.6) is 0 Å². The fourth-order valence-electron chi connectivity index (χ4n) is 3.16. The highest BCUT2D eigenvalue weighted by molar-refractivity contribution is 5.77. The molecule has 3 heteroatoms. The van der Waals surface area contributed by atoms with Crippen LogP contribution in [0.4, 0.5) is 4.79 Å². The fraction of sp³-hybridized carbons (Fsp3) is 0.562. The van der Waals surface area contributed by atoms with Crippen LogP contribution in [-0.4, -0.2) is 23.5 Å². The molecule has 0 spiro atoms. The summed E-state index contributed by atoms with van der Waals surface area (Å²) in [5.41, 5.74) is 4.25. The lowest BCUT2D eigenvalue weighted by Gasteiger charge is -2.20. The molecule has 1 aliphatic carbocycles. The number of urea groups is 1. The second-order valence-electron chi connectivity index (χ2n) is 5.98. The Morgan fingerprint density at radius 3 is 2.63 bits per heavy atom. The first-order valence-electron chi connectivity index (χ1n) is 7.34. The highest BCUT2D eigenvalue weighted by Crippen LogP contribution is 2.27. The predicted octanol–water partition coefficient (Wildman–Crippen LogP) is 3.04. The number of carbonyl (C=O) groups excluding carboxylic acids is 1. The van der Waals surface area contributed by atoms with Crippen LogP contribution in [-0.2, 0) is 12.8 Å². The van der Waals surface area contributed by atoms with Gasteiger partial charge in [-0.1, -0.05) is 18.2 Å². The van der Waals surface area contributed by atoms with Crippen LogP contribution < -0.4 is 5.32 Å². The van der Waals surface area contributed by atoms with E-state index in [2.05, 4.69) is 37.4 Å². The quantitative estimate of drug-likeness (QED) is 0.869. The Kier molecular flexibility index (Phi) is 3.21. The number of carbonyl (C=O) groups is 1. The zero-order valence-electron chi connectivity index (χ0n) is 11.8. The van der Waals surface area contributed by atoms with Crippen molar-refractivity contribution in [3.05, 3.63) is 34.9 Å². The van der Waals surface area contributed by atoms with Gasteiger partial charge in [0.15, 0.2) is 0 Å². The van der Waals surface area contributed by atoms with E-state index in [1.54, 1.807) is 0 Å². The first kappa shape index (κ1) is 12.5. The van der Waals surface area contributed by atoms with Gasteiger partial charge < -0.3 is 10.2 Å². The molecule has 0 bridgehead atoms. The van der Waals surface area contributed by atoms with Gasteiger partial charge in [-0.05, 0) is 56.2 Å². The first-order chi connectivity index (χ1) is 9.15. The van der Waals surface area contributed by atoms with Crippen molar-refractivity contribution in [1.29, 1.82) is 0 Å². The molecule has 1 aromatic carbocycles. The molecule has 1 atom stereocenters. The molecule has 0 aromatic heterocycles. The summed E-state index contributed by atoms with van der Waals surface area (Å²) in [4.78, 5) is 13.8. The van der Waals surface area contributed by atoms with Crippen LogP contribution >= 0.6 is 0 Å². The summed E-state index contributed by atoms with van der Waals surface area (Å²) in [5, 5.41) is 3.10. The second-order valence-corrected chi connectivity index (χ2v) is 5.98. The van der Waals surface area contributed by atoms with Crippen LogP contribution in [0.3, 0.4) is 0 Å². The summed E-state index contributed by atoms with van der Waals surface area (Å²) in [7, 11) is 0. The Hall–Kier alpha value is -1.51. The summed E-state index contributed by atoms with van der Waals surface area (Å²) >= 11 is 0. The van der Waals surface area contributed by atoms with Crippen LogP contribution in [0.15, 0.2) is 18.2 Å². The maximum Gasteiger partial charge on any atom is 0.318 e.